The van der Waals surface area contributed by atoms with E-state index >= 15 is 0 Å². The largest absolute Gasteiger partial charge is 0.354 e. The molecular formula is C21H23N3O4S2. The van der Waals surface area contributed by atoms with Crippen molar-refractivity contribution < 1.29 is 17.7 Å². The lowest BCUT2D eigenvalue weighted by Gasteiger charge is -2.18. The highest BCUT2D eigenvalue weighted by molar-refractivity contribution is 7.94. The molecule has 0 spiro atoms. The van der Waals surface area contributed by atoms with E-state index in [1.807, 2.05) is 19.1 Å². The summed E-state index contributed by atoms with van der Waals surface area (Å²) in [5.41, 5.74) is 2.75. The lowest BCUT2D eigenvalue weighted by Crippen LogP contribution is -2.25. The van der Waals surface area contributed by atoms with E-state index in [1.54, 1.807) is 50.3 Å². The molecule has 0 atom stereocenters. The quantitative estimate of drug-likeness (QED) is 0.569. The zero-order valence-electron chi connectivity index (χ0n) is 17.2. The van der Waals surface area contributed by atoms with Gasteiger partial charge in [-0.3, -0.25) is 9.10 Å². The van der Waals surface area contributed by atoms with Crippen LogP contribution in [-0.2, 0) is 14.8 Å². The number of anilines is 2. The fourth-order valence-corrected chi connectivity index (χ4v) is 5.22. The molecule has 158 valence electrons. The molecule has 0 radical (unpaired) electrons. The zero-order valence-corrected chi connectivity index (χ0v) is 18.8. The molecule has 0 saturated heterocycles. The smallest absolute Gasteiger partial charge is 0.273 e. The van der Waals surface area contributed by atoms with E-state index in [0.717, 1.165) is 21.8 Å². The number of hydrogen-bond acceptors (Lipinski definition) is 6. The summed E-state index contributed by atoms with van der Waals surface area (Å²) < 4.78 is 32.7. The number of benzene rings is 1. The monoisotopic (exact) mass is 445 g/mol. The third-order valence-electron chi connectivity index (χ3n) is 4.49. The fraction of sp³-hybridized carbons (Fsp3) is 0.238. The molecule has 1 amide bonds. The first-order chi connectivity index (χ1) is 14.2. The van der Waals surface area contributed by atoms with E-state index in [-0.39, 0.29) is 10.1 Å². The first-order valence-corrected chi connectivity index (χ1v) is 11.6. The maximum absolute atomic E-state index is 13.0. The number of amides is 1. The predicted octanol–water partition coefficient (Wildman–Crippen LogP) is 4.70. The van der Waals surface area contributed by atoms with Gasteiger partial charge in [-0.2, -0.15) is 0 Å². The van der Waals surface area contributed by atoms with E-state index in [0.29, 0.717) is 29.2 Å². The summed E-state index contributed by atoms with van der Waals surface area (Å²) in [7, 11) is -2.13. The zero-order chi connectivity index (χ0) is 21.9. The van der Waals surface area contributed by atoms with Crippen LogP contribution in [0.2, 0.25) is 0 Å². The van der Waals surface area contributed by atoms with Crippen molar-refractivity contribution in [3.63, 3.8) is 0 Å². The maximum Gasteiger partial charge on any atom is 0.273 e. The predicted molar refractivity (Wildman–Crippen MR) is 120 cm³/mol. The summed E-state index contributed by atoms with van der Waals surface area (Å²) in [5, 5.41) is 6.65. The van der Waals surface area contributed by atoms with E-state index in [9.17, 15) is 13.2 Å². The lowest BCUT2D eigenvalue weighted by molar-refractivity contribution is -0.115. The van der Waals surface area contributed by atoms with Gasteiger partial charge in [-0.25, -0.2) is 8.42 Å². The van der Waals surface area contributed by atoms with Crippen LogP contribution in [-0.4, -0.2) is 26.5 Å². The number of hydrogen-bond donors (Lipinski definition) is 1. The van der Waals surface area contributed by atoms with Gasteiger partial charge in [0.05, 0.1) is 5.69 Å². The highest BCUT2D eigenvalue weighted by Crippen LogP contribution is 2.30. The van der Waals surface area contributed by atoms with Gasteiger partial charge in [0.2, 0.25) is 5.91 Å². The number of aryl methyl sites for hydroxylation is 2. The van der Waals surface area contributed by atoms with Crippen molar-refractivity contribution in [3.05, 3.63) is 58.3 Å². The van der Waals surface area contributed by atoms with Crippen LogP contribution in [0.4, 0.5) is 11.4 Å². The topological polar surface area (TPSA) is 92.5 Å². The third-order valence-corrected chi connectivity index (χ3v) is 7.79. The van der Waals surface area contributed by atoms with Gasteiger partial charge >= 0.3 is 0 Å². The second kappa shape index (κ2) is 8.85. The summed E-state index contributed by atoms with van der Waals surface area (Å²) in [6.45, 7) is 5.45. The van der Waals surface area contributed by atoms with Crippen LogP contribution in [0.5, 0.6) is 0 Å². The van der Waals surface area contributed by atoms with Crippen LogP contribution in [0, 0.1) is 13.8 Å². The molecule has 0 aliphatic rings. The van der Waals surface area contributed by atoms with Gasteiger partial charge in [0, 0.05) is 18.3 Å². The summed E-state index contributed by atoms with van der Waals surface area (Å²) in [6, 6.07) is 10.6. The van der Waals surface area contributed by atoms with E-state index in [4.69, 9.17) is 4.52 Å². The molecule has 7 nitrogen and oxygen atoms in total. The van der Waals surface area contributed by atoms with Crippen LogP contribution >= 0.6 is 11.3 Å². The van der Waals surface area contributed by atoms with Gasteiger partial charge in [0.1, 0.15) is 15.6 Å². The van der Waals surface area contributed by atoms with Crippen LogP contribution < -0.4 is 9.62 Å². The highest BCUT2D eigenvalue weighted by atomic mass is 32.2. The fourth-order valence-electron chi connectivity index (χ4n) is 2.63. The van der Waals surface area contributed by atoms with Crippen molar-refractivity contribution >= 4 is 50.8 Å². The normalized spacial score (nSPS) is 11.7. The molecule has 3 rings (SSSR count). The summed E-state index contributed by atoms with van der Waals surface area (Å²) in [4.78, 5) is 12.4. The minimum atomic E-state index is -3.67. The molecular weight excluding hydrogens is 422 g/mol. The standard InChI is InChI=1S/C21H23N3O4S2/c1-5-19(25)22-21-15(3)23-28-18(21)12-10-17-11-13-20(29-17)30(26,27)24(4)16-8-6-14(2)7-9-16/h6-13H,5H2,1-4H3,(H,22,25). The average Bonchev–Trinajstić information content (AvgIpc) is 3.34. The first kappa shape index (κ1) is 21.8. The second-order valence-corrected chi connectivity index (χ2v) is 10.0. The van der Waals surface area contributed by atoms with Gasteiger partial charge in [0.25, 0.3) is 10.0 Å². The van der Waals surface area contributed by atoms with Gasteiger partial charge in [-0.05, 0) is 50.3 Å². The van der Waals surface area contributed by atoms with E-state index < -0.39 is 10.0 Å². The van der Waals surface area contributed by atoms with Crippen molar-refractivity contribution in [1.82, 2.24) is 5.16 Å². The van der Waals surface area contributed by atoms with Crippen LogP contribution in [0.15, 0.2) is 45.1 Å². The summed E-state index contributed by atoms with van der Waals surface area (Å²) in [6.07, 6.45) is 3.74. The van der Waals surface area contributed by atoms with Gasteiger partial charge in [-0.15, -0.1) is 11.3 Å². The molecule has 0 aliphatic carbocycles. The molecule has 9 heteroatoms. The Bertz CT molecular complexity index is 1180. The Morgan fingerprint density at radius 2 is 1.87 bits per heavy atom. The first-order valence-electron chi connectivity index (χ1n) is 9.32. The maximum atomic E-state index is 13.0. The molecule has 0 saturated carbocycles. The molecule has 1 N–H and O–H groups in total. The molecule has 2 heterocycles. The van der Waals surface area contributed by atoms with Crippen molar-refractivity contribution in [2.75, 3.05) is 16.7 Å². The van der Waals surface area contributed by atoms with Crippen molar-refractivity contribution in [1.29, 1.82) is 0 Å². The van der Waals surface area contributed by atoms with Gasteiger partial charge < -0.3 is 9.84 Å². The van der Waals surface area contributed by atoms with Crippen LogP contribution in [0.3, 0.4) is 0 Å². The Hall–Kier alpha value is -2.91. The number of nitrogens with zero attached hydrogens (tertiary/aromatic N) is 2. The number of thiophene rings is 1. The molecule has 2 aromatic heterocycles. The average molecular weight is 446 g/mol. The Kier molecular flexibility index (Phi) is 6.42. The molecule has 3 aromatic rings. The minimum Gasteiger partial charge on any atom is -0.354 e. The number of carbonyl (C=O) groups is 1. The van der Waals surface area contributed by atoms with E-state index in [2.05, 4.69) is 10.5 Å². The molecule has 1 aromatic carbocycles. The molecule has 0 unspecified atom stereocenters. The number of carbonyl (C=O) groups excluding carboxylic acids is 1. The van der Waals surface area contributed by atoms with Crippen LogP contribution in [0.1, 0.15) is 35.2 Å². The SMILES string of the molecule is CCC(=O)Nc1c(C)noc1C=Cc1ccc(S(=O)(=O)N(C)c2ccc(C)cc2)s1. The molecule has 0 bridgehead atoms. The minimum absolute atomic E-state index is 0.139. The van der Waals surface area contributed by atoms with Crippen molar-refractivity contribution in [2.24, 2.45) is 0 Å². The highest BCUT2D eigenvalue weighted by Gasteiger charge is 2.23. The Balaban J connectivity index is 1.81. The summed E-state index contributed by atoms with van der Waals surface area (Å²) in [5.74, 6) is 0.267. The third kappa shape index (κ3) is 4.63. The van der Waals surface area contributed by atoms with Gasteiger partial charge in [0.15, 0.2) is 5.76 Å². The molecule has 0 aliphatic heterocycles. The van der Waals surface area contributed by atoms with Crippen LogP contribution in [0.25, 0.3) is 12.2 Å². The lowest BCUT2D eigenvalue weighted by atomic mass is 10.2. The van der Waals surface area contributed by atoms with E-state index in [1.165, 1.54) is 11.4 Å². The number of aromatic nitrogens is 1. The number of nitrogens with one attached hydrogen (secondary N) is 1. The number of rotatable bonds is 7. The Morgan fingerprint density at radius 3 is 2.53 bits per heavy atom. The molecule has 30 heavy (non-hydrogen) atoms. The Labute approximate surface area is 180 Å². The molecule has 0 fully saturated rings. The van der Waals surface area contributed by atoms with Gasteiger partial charge in [-0.1, -0.05) is 29.8 Å². The van der Waals surface area contributed by atoms with Crippen molar-refractivity contribution in [3.8, 4) is 0 Å². The number of sulfonamides is 1. The van der Waals surface area contributed by atoms with Crippen molar-refractivity contribution in [2.45, 2.75) is 31.4 Å². The Morgan fingerprint density at radius 1 is 1.17 bits per heavy atom. The summed E-state index contributed by atoms with van der Waals surface area (Å²) >= 11 is 1.15. The second-order valence-electron chi connectivity index (χ2n) is 6.71.